The van der Waals surface area contributed by atoms with Crippen molar-refractivity contribution in [3.8, 4) is 0 Å². The van der Waals surface area contributed by atoms with E-state index in [1.165, 1.54) is 69.8 Å². The van der Waals surface area contributed by atoms with Gasteiger partial charge >= 0.3 is 0 Å². The van der Waals surface area contributed by atoms with E-state index in [4.69, 9.17) is 10.1 Å². The van der Waals surface area contributed by atoms with E-state index in [1.54, 1.807) is 24.0 Å². The normalized spacial score (nSPS) is 19.7. The van der Waals surface area contributed by atoms with Crippen LogP contribution in [-0.4, -0.2) is 48.9 Å². The number of nitrogens with one attached hydrogen (secondary N) is 4. The highest BCUT2D eigenvalue weighted by atomic mass is 16.5. The number of aromatic amines is 1. The lowest BCUT2D eigenvalue weighted by Gasteiger charge is -2.46. The van der Waals surface area contributed by atoms with Gasteiger partial charge in [-0.1, -0.05) is 112 Å². The first kappa shape index (κ1) is 57.3. The lowest BCUT2D eigenvalue weighted by atomic mass is 9.66. The average Bonchev–Trinajstić information content (AvgIpc) is 3.58. The third kappa shape index (κ3) is 22.2. The highest BCUT2D eigenvalue weighted by molar-refractivity contribution is 6.00. The van der Waals surface area contributed by atoms with Crippen LogP contribution in [0.5, 0.6) is 0 Å². The van der Waals surface area contributed by atoms with Crippen molar-refractivity contribution in [3.63, 3.8) is 0 Å². The second-order valence-electron chi connectivity index (χ2n) is 20.1. The molecule has 2 aromatic heterocycles. The zero-order valence-electron chi connectivity index (χ0n) is 43.3. The third-order valence-corrected chi connectivity index (χ3v) is 13.0. The average molecular weight is 878 g/mol. The Bertz CT molecular complexity index is 1670. The number of rotatable bonds is 19. The maximum atomic E-state index is 12.5. The number of amides is 2. The van der Waals surface area contributed by atoms with Gasteiger partial charge in [0.1, 0.15) is 17.1 Å². The first-order valence-corrected chi connectivity index (χ1v) is 24.8. The first-order chi connectivity index (χ1) is 29.6. The molecule has 0 radical (unpaired) electrons. The Morgan fingerprint density at radius 3 is 2.05 bits per heavy atom. The highest BCUT2D eigenvalue weighted by Gasteiger charge is 2.45. The second-order valence-corrected chi connectivity index (χ2v) is 20.1. The molecular weight excluding hydrogens is 783 g/mol. The number of piperidine rings is 2. The van der Waals surface area contributed by atoms with Crippen molar-refractivity contribution in [2.45, 2.75) is 224 Å². The van der Waals surface area contributed by atoms with Gasteiger partial charge in [0.05, 0.1) is 23.7 Å². The molecule has 0 spiro atoms. The summed E-state index contributed by atoms with van der Waals surface area (Å²) in [5, 5.41) is 18.3. The number of unbranched alkanes of at least 4 members (excludes halogenated alkanes) is 1. The number of aromatic nitrogens is 4. The summed E-state index contributed by atoms with van der Waals surface area (Å²) in [6.07, 6.45) is 23.0. The van der Waals surface area contributed by atoms with Gasteiger partial charge in [-0.2, -0.15) is 5.10 Å². The molecule has 4 aliphatic rings. The highest BCUT2D eigenvalue weighted by Crippen LogP contribution is 2.54. The zero-order valence-corrected chi connectivity index (χ0v) is 43.3. The number of imidazole rings is 1. The Hall–Kier alpha value is -3.69. The number of carbonyl (C=O) groups excluding carboxylic acids is 2. The molecule has 63 heavy (non-hydrogen) atoms. The minimum Gasteiger partial charge on any atom is -0.493 e. The smallest absolute Gasteiger partial charge is 0.270 e. The lowest BCUT2D eigenvalue weighted by molar-refractivity contribution is -0.135. The maximum Gasteiger partial charge on any atom is 0.270 e. The number of hydrogen-bond acceptors (Lipinski definition) is 6. The van der Waals surface area contributed by atoms with Crippen LogP contribution < -0.4 is 10.6 Å². The molecule has 2 aromatic rings. The largest absolute Gasteiger partial charge is 0.493 e. The third-order valence-electron chi connectivity index (χ3n) is 13.0. The Balaban J connectivity index is 0.000000435. The van der Waals surface area contributed by atoms with Crippen LogP contribution in [-0.2, 0) is 16.6 Å². The van der Waals surface area contributed by atoms with Gasteiger partial charge in [-0.05, 0) is 135 Å². The van der Waals surface area contributed by atoms with Crippen LogP contribution in [0.15, 0.2) is 41.9 Å². The molecule has 2 aliphatic heterocycles. The van der Waals surface area contributed by atoms with Crippen molar-refractivity contribution in [2.75, 3.05) is 0 Å². The number of carbonyl (C=O) groups is 2. The predicted octanol–water partition coefficient (Wildman–Crippen LogP) is 14.0. The zero-order chi connectivity index (χ0) is 47.9. The molecule has 10 heteroatoms. The fourth-order valence-corrected chi connectivity index (χ4v) is 8.08. The predicted molar refractivity (Wildman–Crippen MR) is 266 cm³/mol. The van der Waals surface area contributed by atoms with Crippen molar-refractivity contribution in [3.05, 3.63) is 59.2 Å². The van der Waals surface area contributed by atoms with Gasteiger partial charge in [0.2, 0.25) is 5.91 Å². The summed E-state index contributed by atoms with van der Waals surface area (Å²) in [6.45, 7) is 35.4. The number of allylic oxidation sites excluding steroid dienone is 3. The van der Waals surface area contributed by atoms with Crippen LogP contribution in [0.1, 0.15) is 228 Å². The summed E-state index contributed by atoms with van der Waals surface area (Å²) < 4.78 is 6.83. The molecule has 4 heterocycles. The summed E-state index contributed by atoms with van der Waals surface area (Å²) in [5.41, 5.74) is 5.25. The van der Waals surface area contributed by atoms with Crippen LogP contribution in [0, 0.1) is 41.4 Å². The topological polar surface area (TPSA) is 138 Å². The van der Waals surface area contributed by atoms with E-state index >= 15 is 0 Å². The quantitative estimate of drug-likeness (QED) is 0.0822. The fraction of sp³-hybridized carbons (Fsp3) is 0.755. The Morgan fingerprint density at radius 2 is 1.63 bits per heavy atom. The van der Waals surface area contributed by atoms with Gasteiger partial charge in [0, 0.05) is 37.3 Å². The van der Waals surface area contributed by atoms with E-state index in [0.717, 1.165) is 66.3 Å². The molecular formula is C53H95N7O3. The molecule has 2 bridgehead atoms. The summed E-state index contributed by atoms with van der Waals surface area (Å²) in [4.78, 5) is 31.8. The molecule has 10 nitrogen and oxygen atoms in total. The van der Waals surface area contributed by atoms with E-state index in [1.807, 2.05) is 47.7 Å². The van der Waals surface area contributed by atoms with E-state index < -0.39 is 0 Å². The van der Waals surface area contributed by atoms with Crippen molar-refractivity contribution >= 4 is 17.5 Å². The number of H-pyrrole nitrogens is 1. The van der Waals surface area contributed by atoms with Crippen LogP contribution >= 0.6 is 0 Å². The molecule has 6 rings (SSSR count). The van der Waals surface area contributed by atoms with Gasteiger partial charge in [-0.3, -0.25) is 14.3 Å². The molecule has 2 amide bonds. The summed E-state index contributed by atoms with van der Waals surface area (Å²) in [6, 6.07) is 2.11. The molecule has 4 atom stereocenters. The molecule has 4 N–H and O–H groups in total. The SMILES string of the molecule is C=C(C)OC(C)(C)C.CCC(C)=C(C)C(=N)CC1C(=O)NC2CC1C2.CCC(C)CCCC(NC(=O)c1ccnn1C)c1cnc(C)[nH]1.CCCC.CCCC1(CC(C)CC)CC1. The molecule has 360 valence electrons. The summed E-state index contributed by atoms with van der Waals surface area (Å²) in [5.74, 6) is 3.96. The Labute approximate surface area is 386 Å². The van der Waals surface area contributed by atoms with Crippen LogP contribution in [0.3, 0.4) is 0 Å². The van der Waals surface area contributed by atoms with E-state index in [0.29, 0.717) is 35.7 Å². The van der Waals surface area contributed by atoms with Gasteiger partial charge in [-0.15, -0.1) is 0 Å². The van der Waals surface area contributed by atoms with Gasteiger partial charge in [0.25, 0.3) is 5.91 Å². The molecule has 0 aromatic carbocycles. The van der Waals surface area contributed by atoms with Gasteiger partial charge in [-0.25, -0.2) is 4.98 Å². The monoisotopic (exact) mass is 878 g/mol. The van der Waals surface area contributed by atoms with Crippen LogP contribution in [0.25, 0.3) is 0 Å². The van der Waals surface area contributed by atoms with Crippen molar-refractivity contribution in [1.29, 1.82) is 5.41 Å². The summed E-state index contributed by atoms with van der Waals surface area (Å²) in [7, 11) is 1.77. The van der Waals surface area contributed by atoms with Crippen molar-refractivity contribution in [2.24, 2.45) is 36.1 Å². The molecule has 4 fully saturated rings. The molecule has 2 aliphatic carbocycles. The lowest BCUT2D eigenvalue weighted by Crippen LogP contribution is -2.57. The van der Waals surface area contributed by atoms with Crippen molar-refractivity contribution < 1.29 is 14.3 Å². The Morgan fingerprint density at radius 1 is 1.02 bits per heavy atom. The standard InChI is InChI=1S/C17H27N5O.C14H22N2O.C11H22.C7H14O.C4H10/c1-5-12(2)7-6-8-14(15-11-18-13(3)20-15)21-17(23)16-9-10-19-22(16)4;1-4-8(2)9(3)13(15)7-12-10-5-11(6-10)16-14(12)17;1-4-6-11(7-8-11)9-10(3)5-2;1-6(2)8-7(3,4)5;1-3-4-2/h9-12,14H,5-8H2,1-4H3,(H,18,20)(H,21,23);10-12,15H,4-7H2,1-3H3,(H,16,17);10H,4-9H2,1-3H3;1H2,2-5H3;3-4H2,1-2H3. The number of fused-ring (bicyclic) bond motifs is 2. The van der Waals surface area contributed by atoms with Gasteiger partial charge in [0.15, 0.2) is 0 Å². The van der Waals surface area contributed by atoms with Gasteiger partial charge < -0.3 is 25.8 Å². The fourth-order valence-electron chi connectivity index (χ4n) is 8.08. The Kier molecular flexibility index (Phi) is 26.4. The van der Waals surface area contributed by atoms with Crippen LogP contribution in [0.4, 0.5) is 0 Å². The molecule has 2 saturated carbocycles. The number of ether oxygens (including phenoxy) is 1. The molecule has 4 unspecified atom stereocenters. The number of aryl methyl sites for hydroxylation is 2. The van der Waals surface area contributed by atoms with E-state index in [9.17, 15) is 9.59 Å². The first-order valence-electron chi connectivity index (χ1n) is 24.8. The minimum atomic E-state index is -0.106. The second kappa shape index (κ2) is 29.0. The minimum absolute atomic E-state index is 0.0482. The van der Waals surface area contributed by atoms with Crippen molar-refractivity contribution in [1.82, 2.24) is 30.4 Å². The maximum absolute atomic E-state index is 12.5. The van der Waals surface area contributed by atoms with E-state index in [2.05, 4.69) is 94.6 Å². The summed E-state index contributed by atoms with van der Waals surface area (Å²) >= 11 is 0. The van der Waals surface area contributed by atoms with Crippen LogP contribution in [0.2, 0.25) is 0 Å². The number of hydrogen-bond donors (Lipinski definition) is 4. The molecule has 2 saturated heterocycles. The number of nitrogens with zero attached hydrogens (tertiary/aromatic N) is 3. The van der Waals surface area contributed by atoms with E-state index in [-0.39, 0.29) is 29.4 Å².